The van der Waals surface area contributed by atoms with Crippen LogP contribution in [0.5, 0.6) is 0 Å². The number of alkyl halides is 1. The van der Waals surface area contributed by atoms with Gasteiger partial charge in [0.25, 0.3) is 0 Å². The molecule has 2 nitrogen and oxygen atoms in total. The zero-order chi connectivity index (χ0) is 13.0. The fourth-order valence-electron chi connectivity index (χ4n) is 2.35. The third kappa shape index (κ3) is 3.14. The molecular weight excluding hydrogens is 254 g/mol. The van der Waals surface area contributed by atoms with Crippen molar-refractivity contribution in [2.45, 2.75) is 6.04 Å². The van der Waals surface area contributed by atoms with Gasteiger partial charge >= 0.3 is 0 Å². The molecule has 1 aliphatic heterocycles. The molecule has 0 radical (unpaired) electrons. The third-order valence-electron chi connectivity index (χ3n) is 3.36. The predicted octanol–water partition coefficient (Wildman–Crippen LogP) is 2.22. The number of halogens is 2. The molecule has 1 aliphatic rings. The smallest absolute Gasteiger partial charge is 0.123 e. The van der Waals surface area contributed by atoms with Crippen molar-refractivity contribution in [3.05, 3.63) is 30.1 Å². The molecule has 1 saturated heterocycles. The molecule has 0 aliphatic carbocycles. The van der Waals surface area contributed by atoms with Crippen LogP contribution in [0.2, 0.25) is 0 Å². The molecule has 1 aromatic rings. The van der Waals surface area contributed by atoms with Gasteiger partial charge in [0.05, 0.1) is 6.04 Å². The highest BCUT2D eigenvalue weighted by Gasteiger charge is 2.26. The quantitative estimate of drug-likeness (QED) is 0.840. The fraction of sp³-hybridized carbons (Fsp3) is 0.538. The van der Waals surface area contributed by atoms with Gasteiger partial charge in [0, 0.05) is 37.6 Å². The second kappa shape index (κ2) is 6.38. The van der Waals surface area contributed by atoms with Crippen molar-refractivity contribution in [3.8, 4) is 0 Å². The molecular formula is C13H18F2N2S. The van der Waals surface area contributed by atoms with Crippen LogP contribution in [-0.2, 0) is 0 Å². The lowest BCUT2D eigenvalue weighted by Gasteiger charge is -2.41. The van der Waals surface area contributed by atoms with Gasteiger partial charge in [-0.15, -0.1) is 0 Å². The Hall–Kier alpha value is -0.810. The van der Waals surface area contributed by atoms with Gasteiger partial charge in [-0.3, -0.25) is 4.90 Å². The number of benzene rings is 1. The van der Waals surface area contributed by atoms with E-state index < -0.39 is 0 Å². The minimum Gasteiger partial charge on any atom is -0.369 e. The maximum atomic E-state index is 13.1. The summed E-state index contributed by atoms with van der Waals surface area (Å²) in [6.07, 6.45) is 0. The SMILES string of the molecule is FCC1CN(c2ccc(F)cc2)CCN1CCS. The van der Waals surface area contributed by atoms with E-state index in [2.05, 4.69) is 22.4 Å². The van der Waals surface area contributed by atoms with Crippen molar-refractivity contribution in [3.63, 3.8) is 0 Å². The van der Waals surface area contributed by atoms with Crippen molar-refractivity contribution in [1.29, 1.82) is 0 Å². The molecule has 0 saturated carbocycles. The largest absolute Gasteiger partial charge is 0.369 e. The van der Waals surface area contributed by atoms with Crippen LogP contribution in [0.3, 0.4) is 0 Å². The van der Waals surface area contributed by atoms with Gasteiger partial charge in [0.1, 0.15) is 12.5 Å². The van der Waals surface area contributed by atoms with Gasteiger partial charge < -0.3 is 4.90 Å². The van der Waals surface area contributed by atoms with Crippen molar-refractivity contribution in [2.24, 2.45) is 0 Å². The lowest BCUT2D eigenvalue weighted by Crippen LogP contribution is -2.54. The number of piperazine rings is 1. The van der Waals surface area contributed by atoms with Crippen LogP contribution >= 0.6 is 12.6 Å². The Morgan fingerprint density at radius 3 is 2.56 bits per heavy atom. The molecule has 18 heavy (non-hydrogen) atoms. The number of thiol groups is 1. The van der Waals surface area contributed by atoms with E-state index in [4.69, 9.17) is 0 Å². The molecule has 2 rings (SSSR count). The van der Waals surface area contributed by atoms with Crippen molar-refractivity contribution in [2.75, 3.05) is 43.5 Å². The van der Waals surface area contributed by atoms with Gasteiger partial charge in [-0.25, -0.2) is 8.78 Å². The third-order valence-corrected chi connectivity index (χ3v) is 3.56. The second-order valence-corrected chi connectivity index (χ2v) is 4.94. The molecule has 0 amide bonds. The highest BCUT2D eigenvalue weighted by Crippen LogP contribution is 2.19. The van der Waals surface area contributed by atoms with Crippen LogP contribution in [0, 0.1) is 5.82 Å². The number of hydrogen-bond donors (Lipinski definition) is 1. The predicted molar refractivity (Wildman–Crippen MR) is 73.8 cm³/mol. The highest BCUT2D eigenvalue weighted by molar-refractivity contribution is 7.80. The Morgan fingerprint density at radius 2 is 1.94 bits per heavy atom. The first-order chi connectivity index (χ1) is 8.74. The zero-order valence-corrected chi connectivity index (χ0v) is 11.1. The maximum Gasteiger partial charge on any atom is 0.123 e. The van der Waals surface area contributed by atoms with Crippen LogP contribution < -0.4 is 4.90 Å². The molecule has 100 valence electrons. The van der Waals surface area contributed by atoms with E-state index in [1.54, 1.807) is 12.1 Å². The summed E-state index contributed by atoms with van der Waals surface area (Å²) in [4.78, 5) is 4.24. The summed E-state index contributed by atoms with van der Waals surface area (Å²) >= 11 is 4.19. The highest BCUT2D eigenvalue weighted by atomic mass is 32.1. The second-order valence-electron chi connectivity index (χ2n) is 4.49. The van der Waals surface area contributed by atoms with E-state index >= 15 is 0 Å². The summed E-state index contributed by atoms with van der Waals surface area (Å²) in [5.74, 6) is 0.502. The summed E-state index contributed by atoms with van der Waals surface area (Å²) in [6.45, 7) is 2.78. The van der Waals surface area contributed by atoms with Crippen LogP contribution in [0.4, 0.5) is 14.5 Å². The first-order valence-electron chi connectivity index (χ1n) is 6.16. The van der Waals surface area contributed by atoms with Crippen LogP contribution in [0.25, 0.3) is 0 Å². The first kappa shape index (κ1) is 13.6. The lowest BCUT2D eigenvalue weighted by molar-refractivity contribution is 0.158. The zero-order valence-electron chi connectivity index (χ0n) is 10.2. The van der Waals surface area contributed by atoms with Crippen LogP contribution in [0.15, 0.2) is 24.3 Å². The Kier molecular flexibility index (Phi) is 4.83. The molecule has 1 atom stereocenters. The van der Waals surface area contributed by atoms with Crippen molar-refractivity contribution in [1.82, 2.24) is 4.90 Å². The summed E-state index contributed by atoms with van der Waals surface area (Å²) in [5.41, 5.74) is 0.959. The Bertz CT molecular complexity index is 372. The Labute approximate surface area is 112 Å². The molecule has 1 fully saturated rings. The van der Waals surface area contributed by atoms with Crippen molar-refractivity contribution < 1.29 is 8.78 Å². The minimum atomic E-state index is -0.356. The Morgan fingerprint density at radius 1 is 1.22 bits per heavy atom. The molecule has 0 aromatic heterocycles. The number of anilines is 1. The van der Waals surface area contributed by atoms with Crippen LogP contribution in [0.1, 0.15) is 0 Å². The van der Waals surface area contributed by atoms with Gasteiger partial charge in [-0.1, -0.05) is 0 Å². The molecule has 1 heterocycles. The van der Waals surface area contributed by atoms with E-state index in [1.807, 2.05) is 0 Å². The Balaban J connectivity index is 2.02. The molecule has 1 unspecified atom stereocenters. The molecule has 0 N–H and O–H groups in total. The fourth-order valence-corrected chi connectivity index (χ4v) is 2.61. The number of hydrogen-bond acceptors (Lipinski definition) is 3. The summed E-state index contributed by atoms with van der Waals surface area (Å²) in [7, 11) is 0. The molecule has 0 spiro atoms. The van der Waals surface area contributed by atoms with E-state index in [0.29, 0.717) is 6.54 Å². The normalized spacial score (nSPS) is 21.3. The summed E-state index contributed by atoms with van der Waals surface area (Å²) in [6, 6.07) is 6.30. The average Bonchev–Trinajstić information content (AvgIpc) is 2.40. The minimum absolute atomic E-state index is 0.0871. The topological polar surface area (TPSA) is 6.48 Å². The van der Waals surface area contributed by atoms with Crippen LogP contribution in [-0.4, -0.2) is 49.5 Å². The summed E-state index contributed by atoms with van der Waals surface area (Å²) < 4.78 is 25.9. The van der Waals surface area contributed by atoms with Crippen molar-refractivity contribution >= 4 is 18.3 Å². The monoisotopic (exact) mass is 272 g/mol. The van der Waals surface area contributed by atoms with Gasteiger partial charge in [0.15, 0.2) is 0 Å². The molecule has 0 bridgehead atoms. The van der Waals surface area contributed by atoms with E-state index in [1.165, 1.54) is 12.1 Å². The average molecular weight is 272 g/mol. The summed E-state index contributed by atoms with van der Waals surface area (Å²) in [5, 5.41) is 0. The standard InChI is InChI=1S/C13H18F2N2S/c14-9-13-10-17(6-5-16(13)7-8-18)12-3-1-11(15)2-4-12/h1-4,13,18H,5-10H2. The van der Waals surface area contributed by atoms with Gasteiger partial charge in [-0.2, -0.15) is 12.6 Å². The molecule has 5 heteroatoms. The van der Waals surface area contributed by atoms with E-state index in [9.17, 15) is 8.78 Å². The molecule has 1 aromatic carbocycles. The number of rotatable bonds is 4. The van der Waals surface area contributed by atoms with Gasteiger partial charge in [0.2, 0.25) is 0 Å². The van der Waals surface area contributed by atoms with E-state index in [0.717, 1.165) is 31.1 Å². The lowest BCUT2D eigenvalue weighted by atomic mass is 10.1. The maximum absolute atomic E-state index is 13.1. The number of nitrogens with zero attached hydrogens (tertiary/aromatic N) is 2. The van der Waals surface area contributed by atoms with E-state index in [-0.39, 0.29) is 18.5 Å². The first-order valence-corrected chi connectivity index (χ1v) is 6.79. The van der Waals surface area contributed by atoms with Gasteiger partial charge in [-0.05, 0) is 24.3 Å².